The van der Waals surface area contributed by atoms with E-state index < -0.39 is 0 Å². The average molecular weight is 162 g/mol. The van der Waals surface area contributed by atoms with E-state index in [0.29, 0.717) is 11.4 Å². The Labute approximate surface area is 71.1 Å². The van der Waals surface area contributed by atoms with Crippen molar-refractivity contribution in [3.8, 4) is 0 Å². The zero-order valence-electron chi connectivity index (χ0n) is 6.87. The van der Waals surface area contributed by atoms with E-state index in [1.54, 1.807) is 31.3 Å². The summed E-state index contributed by atoms with van der Waals surface area (Å²) in [6.45, 7) is 5.16. The van der Waals surface area contributed by atoms with E-state index in [9.17, 15) is 4.79 Å². The molecular formula is C9H10N2O. The van der Waals surface area contributed by atoms with Gasteiger partial charge in [-0.3, -0.25) is 4.79 Å². The summed E-state index contributed by atoms with van der Waals surface area (Å²) in [6, 6.07) is 5.32. The van der Waals surface area contributed by atoms with Gasteiger partial charge >= 0.3 is 0 Å². The molecule has 0 spiro atoms. The molecule has 1 rings (SSSR count). The second-order valence-electron chi connectivity index (χ2n) is 2.45. The van der Waals surface area contributed by atoms with Gasteiger partial charge in [-0.25, -0.2) is 4.98 Å². The first kappa shape index (κ1) is 8.46. The Morgan fingerprint density at radius 3 is 2.83 bits per heavy atom. The second-order valence-corrected chi connectivity index (χ2v) is 2.45. The Hall–Kier alpha value is -1.64. The molecule has 12 heavy (non-hydrogen) atoms. The highest BCUT2D eigenvalue weighted by Gasteiger charge is 2.01. The highest BCUT2D eigenvalue weighted by molar-refractivity contribution is 6.02. The minimum Gasteiger partial charge on any atom is -0.307 e. The third kappa shape index (κ3) is 2.20. The summed E-state index contributed by atoms with van der Waals surface area (Å²) in [5.41, 5.74) is 0.473. The van der Waals surface area contributed by atoms with Gasteiger partial charge in [0.1, 0.15) is 5.82 Å². The van der Waals surface area contributed by atoms with Gasteiger partial charge in [-0.1, -0.05) is 12.6 Å². The van der Waals surface area contributed by atoms with Crippen molar-refractivity contribution in [3.63, 3.8) is 0 Å². The number of nitrogens with one attached hydrogen (secondary N) is 1. The topological polar surface area (TPSA) is 42.0 Å². The van der Waals surface area contributed by atoms with Gasteiger partial charge in [-0.05, 0) is 19.1 Å². The number of pyridine rings is 1. The van der Waals surface area contributed by atoms with Crippen molar-refractivity contribution in [1.29, 1.82) is 0 Å². The van der Waals surface area contributed by atoms with Crippen LogP contribution in [0.4, 0.5) is 5.82 Å². The van der Waals surface area contributed by atoms with Crippen molar-refractivity contribution in [3.05, 3.63) is 36.5 Å². The fourth-order valence-electron chi connectivity index (χ4n) is 0.660. The van der Waals surface area contributed by atoms with E-state index in [2.05, 4.69) is 16.9 Å². The zero-order valence-corrected chi connectivity index (χ0v) is 6.87. The van der Waals surface area contributed by atoms with Crippen LogP contribution in [-0.2, 0) is 4.79 Å². The van der Waals surface area contributed by atoms with Gasteiger partial charge in [-0.2, -0.15) is 0 Å². The van der Waals surface area contributed by atoms with Crippen LogP contribution in [-0.4, -0.2) is 10.9 Å². The Morgan fingerprint density at radius 2 is 2.33 bits per heavy atom. The van der Waals surface area contributed by atoms with Gasteiger partial charge in [0.15, 0.2) is 0 Å². The summed E-state index contributed by atoms with van der Waals surface area (Å²) in [7, 11) is 0. The van der Waals surface area contributed by atoms with Crippen LogP contribution in [0.25, 0.3) is 0 Å². The van der Waals surface area contributed by atoms with Gasteiger partial charge < -0.3 is 5.32 Å². The lowest BCUT2D eigenvalue weighted by atomic mass is 10.3. The molecule has 1 aromatic heterocycles. The van der Waals surface area contributed by atoms with Crippen LogP contribution in [0.15, 0.2) is 36.5 Å². The van der Waals surface area contributed by atoms with Crippen molar-refractivity contribution in [2.75, 3.05) is 5.32 Å². The molecule has 1 aromatic rings. The molecule has 0 aliphatic carbocycles. The smallest absolute Gasteiger partial charge is 0.251 e. The molecule has 0 atom stereocenters. The molecule has 62 valence electrons. The summed E-state index contributed by atoms with van der Waals surface area (Å²) in [4.78, 5) is 15.0. The van der Waals surface area contributed by atoms with Crippen LogP contribution in [0.2, 0.25) is 0 Å². The first-order chi connectivity index (χ1) is 5.70. The fraction of sp³-hybridized carbons (Fsp3) is 0.111. The van der Waals surface area contributed by atoms with Crippen LogP contribution in [0.3, 0.4) is 0 Å². The molecule has 0 radical (unpaired) electrons. The number of hydrogen-bond acceptors (Lipinski definition) is 2. The van der Waals surface area contributed by atoms with E-state index >= 15 is 0 Å². The lowest BCUT2D eigenvalue weighted by Gasteiger charge is -2.01. The number of anilines is 1. The maximum absolute atomic E-state index is 11.1. The SMILES string of the molecule is C=C(C)C(=O)Nc1ccccn1. The van der Waals surface area contributed by atoms with E-state index in [-0.39, 0.29) is 5.91 Å². The second kappa shape index (κ2) is 3.67. The lowest BCUT2D eigenvalue weighted by Crippen LogP contribution is -2.12. The maximum atomic E-state index is 11.1. The fourth-order valence-corrected chi connectivity index (χ4v) is 0.660. The summed E-state index contributed by atoms with van der Waals surface area (Å²) >= 11 is 0. The summed E-state index contributed by atoms with van der Waals surface area (Å²) in [5.74, 6) is 0.346. The number of carbonyl (C=O) groups excluding carboxylic acids is 1. The van der Waals surface area contributed by atoms with Crippen molar-refractivity contribution in [1.82, 2.24) is 4.98 Å². The zero-order chi connectivity index (χ0) is 8.97. The van der Waals surface area contributed by atoms with Gasteiger partial charge in [-0.15, -0.1) is 0 Å². The third-order valence-corrected chi connectivity index (χ3v) is 1.29. The van der Waals surface area contributed by atoms with Gasteiger partial charge in [0.2, 0.25) is 0 Å². The van der Waals surface area contributed by atoms with Crippen LogP contribution < -0.4 is 5.32 Å². The number of carbonyl (C=O) groups is 1. The van der Waals surface area contributed by atoms with Crippen molar-refractivity contribution < 1.29 is 4.79 Å². The molecule has 0 aromatic carbocycles. The van der Waals surface area contributed by atoms with E-state index in [4.69, 9.17) is 0 Å². The van der Waals surface area contributed by atoms with Crippen molar-refractivity contribution in [2.45, 2.75) is 6.92 Å². The molecule has 0 bridgehead atoms. The van der Waals surface area contributed by atoms with Crippen LogP contribution in [0.5, 0.6) is 0 Å². The third-order valence-electron chi connectivity index (χ3n) is 1.29. The van der Waals surface area contributed by atoms with E-state index in [0.717, 1.165) is 0 Å². The molecule has 0 aliphatic heterocycles. The minimum atomic E-state index is -0.200. The minimum absolute atomic E-state index is 0.200. The van der Waals surface area contributed by atoms with Crippen LogP contribution >= 0.6 is 0 Å². The van der Waals surface area contributed by atoms with Gasteiger partial charge in [0.05, 0.1) is 0 Å². The van der Waals surface area contributed by atoms with E-state index in [1.807, 2.05) is 0 Å². The monoisotopic (exact) mass is 162 g/mol. The summed E-state index contributed by atoms with van der Waals surface area (Å²) in [5, 5.41) is 2.59. The Bertz CT molecular complexity index is 293. The molecule has 0 fully saturated rings. The van der Waals surface area contributed by atoms with Crippen LogP contribution in [0.1, 0.15) is 6.92 Å². The molecule has 1 N–H and O–H groups in total. The van der Waals surface area contributed by atoms with Crippen molar-refractivity contribution >= 4 is 11.7 Å². The van der Waals surface area contributed by atoms with Gasteiger partial charge in [0.25, 0.3) is 5.91 Å². The van der Waals surface area contributed by atoms with Crippen molar-refractivity contribution in [2.24, 2.45) is 0 Å². The first-order valence-electron chi connectivity index (χ1n) is 3.58. The Morgan fingerprint density at radius 1 is 1.58 bits per heavy atom. The maximum Gasteiger partial charge on any atom is 0.251 e. The van der Waals surface area contributed by atoms with E-state index in [1.165, 1.54) is 0 Å². The summed E-state index contributed by atoms with van der Waals surface area (Å²) in [6.07, 6.45) is 1.62. The summed E-state index contributed by atoms with van der Waals surface area (Å²) < 4.78 is 0. The molecule has 3 nitrogen and oxygen atoms in total. The molecule has 0 aliphatic rings. The predicted molar refractivity (Wildman–Crippen MR) is 47.7 cm³/mol. The molecular weight excluding hydrogens is 152 g/mol. The normalized spacial score (nSPS) is 9.08. The average Bonchev–Trinajstić information content (AvgIpc) is 2.06. The first-order valence-corrected chi connectivity index (χ1v) is 3.58. The predicted octanol–water partition coefficient (Wildman–Crippen LogP) is 1.60. The molecule has 0 unspecified atom stereocenters. The quantitative estimate of drug-likeness (QED) is 0.671. The number of aromatic nitrogens is 1. The Balaban J connectivity index is 2.65. The lowest BCUT2D eigenvalue weighted by molar-refractivity contribution is -0.112. The molecule has 1 amide bonds. The number of hydrogen-bond donors (Lipinski definition) is 1. The van der Waals surface area contributed by atoms with Gasteiger partial charge in [0, 0.05) is 11.8 Å². The van der Waals surface area contributed by atoms with Crippen LogP contribution in [0, 0.1) is 0 Å². The highest BCUT2D eigenvalue weighted by atomic mass is 16.1. The number of nitrogens with zero attached hydrogens (tertiary/aromatic N) is 1. The molecule has 3 heteroatoms. The number of rotatable bonds is 2. The molecule has 0 saturated carbocycles. The molecule has 1 heterocycles. The molecule has 0 saturated heterocycles. The standard InChI is InChI=1S/C9H10N2O/c1-7(2)9(12)11-8-5-3-4-6-10-8/h3-6H,1H2,2H3,(H,10,11,12). The number of amides is 1. The largest absolute Gasteiger partial charge is 0.307 e. The highest BCUT2D eigenvalue weighted by Crippen LogP contribution is 2.01. The Kier molecular flexibility index (Phi) is 2.58.